The second kappa shape index (κ2) is 5.28. The highest BCUT2D eigenvalue weighted by atomic mass is 35.5. The summed E-state index contributed by atoms with van der Waals surface area (Å²) >= 11 is 5.79. The second-order valence-electron chi connectivity index (χ2n) is 5.49. The quantitative estimate of drug-likeness (QED) is 0.818. The van der Waals surface area contributed by atoms with Crippen LogP contribution in [0.25, 0.3) is 0 Å². The van der Waals surface area contributed by atoms with Gasteiger partial charge in [-0.2, -0.15) is 0 Å². The number of carbonyl (C=O) groups excluding carboxylic acids is 1. The van der Waals surface area contributed by atoms with Crippen molar-refractivity contribution >= 4 is 29.2 Å². The average molecular weight is 325 g/mol. The molecule has 7 heteroatoms. The van der Waals surface area contributed by atoms with E-state index in [4.69, 9.17) is 17.3 Å². The fourth-order valence-corrected chi connectivity index (χ4v) is 3.32. The molecule has 0 saturated carbocycles. The van der Waals surface area contributed by atoms with Crippen molar-refractivity contribution in [1.82, 2.24) is 4.90 Å². The Balaban J connectivity index is 2.08. The van der Waals surface area contributed by atoms with E-state index in [0.717, 1.165) is 0 Å². The SMILES string of the molecule is Nc1ccc(Cl)c(F)c1C1C=C2C(C(=O)O)CCN2C(=O)C1. The molecule has 2 aliphatic rings. The Bertz CT molecular complexity index is 704. The minimum atomic E-state index is -0.985. The lowest BCUT2D eigenvalue weighted by Crippen LogP contribution is -2.33. The summed E-state index contributed by atoms with van der Waals surface area (Å²) in [4.78, 5) is 25.0. The van der Waals surface area contributed by atoms with Crippen LogP contribution in [0.5, 0.6) is 0 Å². The molecular weight excluding hydrogens is 311 g/mol. The van der Waals surface area contributed by atoms with Gasteiger partial charge in [-0.1, -0.05) is 17.7 Å². The molecule has 1 aromatic rings. The Kier molecular flexibility index (Phi) is 3.56. The molecule has 0 spiro atoms. The molecule has 116 valence electrons. The first-order chi connectivity index (χ1) is 10.4. The summed E-state index contributed by atoms with van der Waals surface area (Å²) in [6.45, 7) is 0.377. The molecule has 3 N–H and O–H groups in total. The summed E-state index contributed by atoms with van der Waals surface area (Å²) in [6.07, 6.45) is 2.06. The van der Waals surface area contributed by atoms with Crippen LogP contribution in [0.3, 0.4) is 0 Å². The number of carbonyl (C=O) groups is 2. The fourth-order valence-electron chi connectivity index (χ4n) is 3.15. The third-order valence-electron chi connectivity index (χ3n) is 4.21. The molecule has 2 aliphatic heterocycles. The van der Waals surface area contributed by atoms with E-state index >= 15 is 0 Å². The highest BCUT2D eigenvalue weighted by molar-refractivity contribution is 6.30. The van der Waals surface area contributed by atoms with Crippen LogP contribution in [0.4, 0.5) is 10.1 Å². The molecule has 0 aliphatic carbocycles. The van der Waals surface area contributed by atoms with Gasteiger partial charge in [-0.25, -0.2) is 4.39 Å². The number of nitrogens with zero attached hydrogens (tertiary/aromatic N) is 1. The Hall–Kier alpha value is -2.08. The lowest BCUT2D eigenvalue weighted by atomic mass is 9.88. The summed E-state index contributed by atoms with van der Waals surface area (Å²) in [5.74, 6) is -3.20. The van der Waals surface area contributed by atoms with E-state index in [1.165, 1.54) is 17.0 Å². The van der Waals surface area contributed by atoms with E-state index in [-0.39, 0.29) is 28.6 Å². The van der Waals surface area contributed by atoms with E-state index in [0.29, 0.717) is 18.7 Å². The summed E-state index contributed by atoms with van der Waals surface area (Å²) in [7, 11) is 0. The van der Waals surface area contributed by atoms with Crippen molar-refractivity contribution in [1.29, 1.82) is 0 Å². The Morgan fingerprint density at radius 1 is 1.45 bits per heavy atom. The predicted octanol–water partition coefficient (Wildman–Crippen LogP) is 2.37. The number of halogens is 2. The topological polar surface area (TPSA) is 83.6 Å². The minimum absolute atomic E-state index is 0.0529. The summed E-state index contributed by atoms with van der Waals surface area (Å²) in [5, 5.41) is 9.18. The molecule has 22 heavy (non-hydrogen) atoms. The predicted molar refractivity (Wildman–Crippen MR) is 78.7 cm³/mol. The molecule has 0 aromatic heterocycles. The van der Waals surface area contributed by atoms with Crippen LogP contribution < -0.4 is 5.73 Å². The monoisotopic (exact) mass is 324 g/mol. The van der Waals surface area contributed by atoms with Gasteiger partial charge < -0.3 is 15.7 Å². The molecule has 2 heterocycles. The maximum absolute atomic E-state index is 14.3. The molecule has 2 atom stereocenters. The number of nitrogen functional groups attached to an aromatic ring is 1. The Labute approximate surface area is 131 Å². The zero-order chi connectivity index (χ0) is 16.0. The van der Waals surface area contributed by atoms with Crippen LogP contribution in [-0.4, -0.2) is 28.4 Å². The smallest absolute Gasteiger partial charge is 0.312 e. The van der Waals surface area contributed by atoms with Crippen molar-refractivity contribution in [2.24, 2.45) is 5.92 Å². The van der Waals surface area contributed by atoms with Gasteiger partial charge >= 0.3 is 5.97 Å². The van der Waals surface area contributed by atoms with E-state index in [1.54, 1.807) is 6.08 Å². The van der Waals surface area contributed by atoms with Crippen molar-refractivity contribution in [2.45, 2.75) is 18.8 Å². The summed E-state index contributed by atoms with van der Waals surface area (Å²) < 4.78 is 14.3. The van der Waals surface area contributed by atoms with Gasteiger partial charge in [0.25, 0.3) is 0 Å². The fraction of sp³-hybridized carbons (Fsp3) is 0.333. The highest BCUT2D eigenvalue weighted by Crippen LogP contribution is 2.41. The van der Waals surface area contributed by atoms with E-state index in [9.17, 15) is 19.1 Å². The number of anilines is 1. The second-order valence-corrected chi connectivity index (χ2v) is 5.90. The molecule has 3 rings (SSSR count). The molecule has 1 aromatic carbocycles. The number of hydrogen-bond donors (Lipinski definition) is 2. The number of fused-ring (bicyclic) bond motifs is 1. The van der Waals surface area contributed by atoms with Crippen LogP contribution in [0, 0.1) is 11.7 Å². The van der Waals surface area contributed by atoms with Gasteiger partial charge in [0.05, 0.1) is 10.9 Å². The first-order valence-corrected chi connectivity index (χ1v) is 7.26. The highest BCUT2D eigenvalue weighted by Gasteiger charge is 2.41. The number of benzene rings is 1. The van der Waals surface area contributed by atoms with Crippen molar-refractivity contribution in [3.63, 3.8) is 0 Å². The van der Waals surface area contributed by atoms with Gasteiger partial charge in [0.15, 0.2) is 0 Å². The molecule has 1 amide bonds. The third-order valence-corrected chi connectivity index (χ3v) is 4.50. The molecular formula is C15H14ClFN2O3. The zero-order valence-electron chi connectivity index (χ0n) is 11.6. The summed E-state index contributed by atoms with van der Waals surface area (Å²) in [5.41, 5.74) is 6.61. The van der Waals surface area contributed by atoms with Crippen LogP contribution in [0.2, 0.25) is 5.02 Å². The van der Waals surface area contributed by atoms with Crippen molar-refractivity contribution in [2.75, 3.05) is 12.3 Å². The van der Waals surface area contributed by atoms with E-state index in [2.05, 4.69) is 0 Å². The number of amides is 1. The number of nitrogens with two attached hydrogens (primary N) is 1. The first-order valence-electron chi connectivity index (χ1n) is 6.88. The van der Waals surface area contributed by atoms with Gasteiger partial charge in [0, 0.05) is 35.8 Å². The molecule has 2 unspecified atom stereocenters. The van der Waals surface area contributed by atoms with Gasteiger partial charge in [-0.05, 0) is 18.6 Å². The van der Waals surface area contributed by atoms with E-state index < -0.39 is 23.6 Å². The molecule has 0 bridgehead atoms. The van der Waals surface area contributed by atoms with Crippen molar-refractivity contribution in [3.05, 3.63) is 40.3 Å². The average Bonchev–Trinajstić information content (AvgIpc) is 2.88. The van der Waals surface area contributed by atoms with Gasteiger partial charge in [0.2, 0.25) is 5.91 Å². The normalized spacial score (nSPS) is 24.2. The van der Waals surface area contributed by atoms with Gasteiger partial charge in [0.1, 0.15) is 5.82 Å². The van der Waals surface area contributed by atoms with Crippen LogP contribution in [0.15, 0.2) is 23.9 Å². The van der Waals surface area contributed by atoms with Crippen LogP contribution in [0.1, 0.15) is 24.3 Å². The minimum Gasteiger partial charge on any atom is -0.481 e. The Morgan fingerprint density at radius 3 is 2.86 bits per heavy atom. The molecule has 1 saturated heterocycles. The zero-order valence-corrected chi connectivity index (χ0v) is 12.3. The summed E-state index contributed by atoms with van der Waals surface area (Å²) in [6, 6.07) is 2.84. The van der Waals surface area contributed by atoms with Crippen molar-refractivity contribution < 1.29 is 19.1 Å². The first kappa shape index (κ1) is 14.8. The standard InChI is InChI=1S/C15H14ClFN2O3/c16-9-1-2-10(18)13(14(9)17)7-5-11-8(15(21)22)3-4-19(11)12(20)6-7/h1-2,5,7-8H,3-4,6,18H2,(H,21,22). The number of rotatable bonds is 2. The third kappa shape index (κ3) is 2.23. The maximum atomic E-state index is 14.3. The Morgan fingerprint density at radius 2 is 2.18 bits per heavy atom. The van der Waals surface area contributed by atoms with Crippen molar-refractivity contribution in [3.8, 4) is 0 Å². The maximum Gasteiger partial charge on any atom is 0.312 e. The van der Waals surface area contributed by atoms with Gasteiger partial charge in [-0.15, -0.1) is 0 Å². The largest absolute Gasteiger partial charge is 0.481 e. The van der Waals surface area contributed by atoms with Crippen LogP contribution >= 0.6 is 11.6 Å². The van der Waals surface area contributed by atoms with E-state index in [1.807, 2.05) is 0 Å². The lowest BCUT2D eigenvalue weighted by molar-refractivity contribution is -0.140. The number of allylic oxidation sites excluding steroid dienone is 1. The van der Waals surface area contributed by atoms with Crippen LogP contribution in [-0.2, 0) is 9.59 Å². The molecule has 1 fully saturated rings. The number of hydrogen-bond acceptors (Lipinski definition) is 3. The lowest BCUT2D eigenvalue weighted by Gasteiger charge is -2.29. The van der Waals surface area contributed by atoms with Gasteiger partial charge in [-0.3, -0.25) is 9.59 Å². The number of aliphatic carboxylic acids is 1. The molecule has 5 nitrogen and oxygen atoms in total. The molecule has 0 radical (unpaired) electrons. The number of carboxylic acids is 1. The number of carboxylic acid groups (broad SMARTS) is 1.